The normalized spacial score (nSPS) is 16.2. The van der Waals surface area contributed by atoms with E-state index in [1.807, 2.05) is 24.5 Å². The van der Waals surface area contributed by atoms with Crippen LogP contribution in [0.15, 0.2) is 49.2 Å². The molecule has 0 saturated carbocycles. The van der Waals surface area contributed by atoms with Crippen LogP contribution in [-0.4, -0.2) is 64.0 Å². The third-order valence-electron chi connectivity index (χ3n) is 6.45. The topological polar surface area (TPSA) is 102 Å². The molecule has 2 aliphatic rings. The van der Waals surface area contributed by atoms with Crippen molar-refractivity contribution in [2.75, 3.05) is 43.4 Å². The number of hydrogen-bond donors (Lipinski definition) is 3. The number of piperazine rings is 1. The van der Waals surface area contributed by atoms with Crippen LogP contribution < -0.4 is 15.5 Å². The Morgan fingerprint density at radius 1 is 1.03 bits per heavy atom. The molecule has 33 heavy (non-hydrogen) atoms. The van der Waals surface area contributed by atoms with E-state index < -0.39 is 0 Å². The number of amides is 1. The van der Waals surface area contributed by atoms with Crippen molar-refractivity contribution in [2.45, 2.75) is 6.54 Å². The van der Waals surface area contributed by atoms with Crippen LogP contribution in [0, 0.1) is 0 Å². The third-order valence-corrected chi connectivity index (χ3v) is 6.45. The van der Waals surface area contributed by atoms with Gasteiger partial charge < -0.3 is 25.4 Å². The number of nitrogens with zero attached hydrogens (tertiary/aromatic N) is 5. The number of fused-ring (bicyclic) bond motifs is 2. The van der Waals surface area contributed by atoms with Crippen molar-refractivity contribution in [3.05, 3.63) is 60.3 Å². The van der Waals surface area contributed by atoms with Crippen LogP contribution in [0.1, 0.15) is 15.9 Å². The maximum Gasteiger partial charge on any atom is 0.254 e. The van der Waals surface area contributed by atoms with E-state index in [4.69, 9.17) is 4.98 Å². The monoisotopic (exact) mass is 440 g/mol. The summed E-state index contributed by atoms with van der Waals surface area (Å²) >= 11 is 0. The highest BCUT2D eigenvalue weighted by Crippen LogP contribution is 2.36. The number of carbonyl (C=O) groups is 1. The molecule has 6 rings (SSSR count). The molecule has 9 heteroatoms. The van der Waals surface area contributed by atoms with Gasteiger partial charge in [-0.2, -0.15) is 0 Å². The summed E-state index contributed by atoms with van der Waals surface area (Å²) in [6.07, 6.45) is 9.07. The van der Waals surface area contributed by atoms with Crippen molar-refractivity contribution in [1.82, 2.24) is 30.2 Å². The first kappa shape index (κ1) is 19.7. The Morgan fingerprint density at radius 2 is 1.91 bits per heavy atom. The van der Waals surface area contributed by atoms with Gasteiger partial charge in [0.1, 0.15) is 5.82 Å². The van der Waals surface area contributed by atoms with Gasteiger partial charge in [0.05, 0.1) is 46.7 Å². The van der Waals surface area contributed by atoms with Crippen molar-refractivity contribution < 1.29 is 4.79 Å². The molecule has 6 heterocycles. The highest BCUT2D eigenvalue weighted by molar-refractivity contribution is 6.06. The molecule has 1 fully saturated rings. The summed E-state index contributed by atoms with van der Waals surface area (Å²) in [6.45, 7) is 4.53. The van der Waals surface area contributed by atoms with Crippen molar-refractivity contribution >= 4 is 34.0 Å². The number of hydrogen-bond acceptors (Lipinski definition) is 7. The molecule has 1 saturated heterocycles. The lowest BCUT2D eigenvalue weighted by atomic mass is 10.0. The van der Waals surface area contributed by atoms with Crippen molar-refractivity contribution in [1.29, 1.82) is 0 Å². The molecule has 166 valence electrons. The van der Waals surface area contributed by atoms with E-state index in [2.05, 4.69) is 48.5 Å². The van der Waals surface area contributed by atoms with Crippen LogP contribution in [0.2, 0.25) is 0 Å². The smallest absolute Gasteiger partial charge is 0.254 e. The molecule has 0 atom stereocenters. The average Bonchev–Trinajstić information content (AvgIpc) is 3.45. The second-order valence-electron chi connectivity index (χ2n) is 8.50. The van der Waals surface area contributed by atoms with Gasteiger partial charge in [0.2, 0.25) is 0 Å². The Bertz CT molecular complexity index is 1340. The quantitative estimate of drug-likeness (QED) is 0.448. The van der Waals surface area contributed by atoms with Crippen molar-refractivity contribution in [3.63, 3.8) is 0 Å². The molecular formula is C24H24N8O. The first-order chi connectivity index (χ1) is 16.2. The molecule has 0 aromatic carbocycles. The van der Waals surface area contributed by atoms with E-state index in [1.54, 1.807) is 18.6 Å². The van der Waals surface area contributed by atoms with Gasteiger partial charge in [-0.3, -0.25) is 14.8 Å². The molecule has 2 aliphatic heterocycles. The number of carbonyl (C=O) groups excluding carboxylic acids is 1. The minimum Gasteiger partial charge on any atom is -0.368 e. The maximum atomic E-state index is 12.7. The zero-order valence-electron chi connectivity index (χ0n) is 18.3. The Kier molecular flexibility index (Phi) is 4.69. The molecule has 0 aliphatic carbocycles. The highest BCUT2D eigenvalue weighted by Gasteiger charge is 2.28. The first-order valence-electron chi connectivity index (χ1n) is 11.1. The second-order valence-corrected chi connectivity index (χ2v) is 8.50. The number of nitrogens with one attached hydrogen (secondary N) is 3. The number of H-pyrrole nitrogens is 1. The average molecular weight is 441 g/mol. The summed E-state index contributed by atoms with van der Waals surface area (Å²) in [4.78, 5) is 34.1. The summed E-state index contributed by atoms with van der Waals surface area (Å²) in [7, 11) is 2.15. The third kappa shape index (κ3) is 3.46. The van der Waals surface area contributed by atoms with Crippen molar-refractivity contribution in [3.8, 4) is 11.3 Å². The van der Waals surface area contributed by atoms with Crippen molar-refractivity contribution in [2.24, 2.45) is 0 Å². The minimum atomic E-state index is -0.105. The van der Waals surface area contributed by atoms with Gasteiger partial charge in [0, 0.05) is 61.6 Å². The van der Waals surface area contributed by atoms with Crippen LogP contribution >= 0.6 is 0 Å². The molecule has 9 nitrogen and oxygen atoms in total. The van der Waals surface area contributed by atoms with Gasteiger partial charge in [-0.1, -0.05) is 0 Å². The molecule has 0 radical (unpaired) electrons. The van der Waals surface area contributed by atoms with Crippen LogP contribution in [-0.2, 0) is 6.54 Å². The van der Waals surface area contributed by atoms with Gasteiger partial charge in [0.25, 0.3) is 5.91 Å². The van der Waals surface area contributed by atoms with Gasteiger partial charge in [0.15, 0.2) is 0 Å². The van der Waals surface area contributed by atoms with E-state index >= 15 is 0 Å². The highest BCUT2D eigenvalue weighted by atomic mass is 16.1. The van der Waals surface area contributed by atoms with Crippen LogP contribution in [0.4, 0.5) is 17.2 Å². The number of aromatic nitrogens is 4. The molecule has 0 spiro atoms. The Balaban J connectivity index is 1.31. The number of aromatic amines is 1. The maximum absolute atomic E-state index is 12.7. The summed E-state index contributed by atoms with van der Waals surface area (Å²) < 4.78 is 0. The second kappa shape index (κ2) is 7.86. The molecule has 4 aromatic heterocycles. The number of anilines is 3. The van der Waals surface area contributed by atoms with E-state index in [1.165, 1.54) is 0 Å². The fourth-order valence-corrected chi connectivity index (χ4v) is 4.59. The van der Waals surface area contributed by atoms with E-state index in [9.17, 15) is 4.79 Å². The largest absolute Gasteiger partial charge is 0.368 e. The molecular weight excluding hydrogens is 416 g/mol. The fraction of sp³-hybridized carbons (Fsp3) is 0.250. The molecule has 0 unspecified atom stereocenters. The Labute approximate surface area is 190 Å². The summed E-state index contributed by atoms with van der Waals surface area (Å²) in [5.74, 6) is 0.578. The van der Waals surface area contributed by atoms with Crippen LogP contribution in [0.25, 0.3) is 22.2 Å². The van der Waals surface area contributed by atoms with Crippen LogP contribution in [0.5, 0.6) is 0 Å². The Hall–Kier alpha value is -3.98. The molecule has 1 amide bonds. The lowest BCUT2D eigenvalue weighted by Crippen LogP contribution is -2.44. The minimum absolute atomic E-state index is 0.105. The van der Waals surface area contributed by atoms with Gasteiger partial charge in [-0.15, -0.1) is 0 Å². The predicted molar refractivity (Wildman–Crippen MR) is 128 cm³/mol. The van der Waals surface area contributed by atoms with E-state index in [-0.39, 0.29) is 5.91 Å². The number of pyridine rings is 3. The molecule has 3 N–H and O–H groups in total. The van der Waals surface area contributed by atoms with Crippen LogP contribution in [0.3, 0.4) is 0 Å². The lowest BCUT2D eigenvalue weighted by Gasteiger charge is -2.33. The van der Waals surface area contributed by atoms with Gasteiger partial charge >= 0.3 is 0 Å². The number of likely N-dealkylation sites (N-methyl/N-ethyl adjacent to an activating group) is 1. The fourth-order valence-electron chi connectivity index (χ4n) is 4.59. The van der Waals surface area contributed by atoms with Gasteiger partial charge in [-0.05, 0) is 25.2 Å². The summed E-state index contributed by atoms with van der Waals surface area (Å²) in [5, 5.41) is 7.28. The Morgan fingerprint density at radius 3 is 2.73 bits per heavy atom. The summed E-state index contributed by atoms with van der Waals surface area (Å²) in [5.41, 5.74) is 5.97. The zero-order chi connectivity index (χ0) is 22.4. The standard InChI is InChI=1S/C24H24N8O/c1-31-6-8-32(9-7-31)15-2-3-21(27-10-15)30-20-14-28-23(18-12-29-24(33)22(18)20)17-11-26-19-13-25-5-4-16(17)19/h2-5,10-11,13-14,26H,6-9,12H2,1H3,(H,27,30)(H,29,33). The summed E-state index contributed by atoms with van der Waals surface area (Å²) in [6, 6.07) is 5.98. The SMILES string of the molecule is CN1CCN(c2ccc(Nc3cnc(-c4c[nH]c5cnccc45)c4c3C(=O)NC4)nc2)CC1. The molecule has 4 aromatic rings. The first-order valence-corrected chi connectivity index (χ1v) is 11.1. The zero-order valence-corrected chi connectivity index (χ0v) is 18.3. The van der Waals surface area contributed by atoms with E-state index in [0.717, 1.165) is 59.6 Å². The van der Waals surface area contributed by atoms with Gasteiger partial charge in [-0.25, -0.2) is 4.98 Å². The predicted octanol–water partition coefficient (Wildman–Crippen LogP) is 2.76. The van der Waals surface area contributed by atoms with E-state index in [0.29, 0.717) is 23.6 Å². The molecule has 0 bridgehead atoms. The number of rotatable bonds is 4. The lowest BCUT2D eigenvalue weighted by molar-refractivity contribution is 0.0966.